The normalized spacial score (nSPS) is 39.5. The molecule has 5 rings (SSSR count). The average Bonchev–Trinajstić information content (AvgIpc) is 3.33. The maximum absolute atomic E-state index is 13.0. The Kier molecular flexibility index (Phi) is 7.65. The molecule has 2 aliphatic heterocycles. The van der Waals surface area contributed by atoms with Crippen LogP contribution in [0.15, 0.2) is 35.7 Å². The molecule has 0 bridgehead atoms. The zero-order valence-electron chi connectivity index (χ0n) is 20.9. The molecule has 11 nitrogen and oxygen atoms in total. The number of carbonyl (C=O) groups excluding carboxylic acids is 1. The zero-order chi connectivity index (χ0) is 26.3. The van der Waals surface area contributed by atoms with E-state index in [9.17, 15) is 20.1 Å². The zero-order valence-corrected chi connectivity index (χ0v) is 21.7. The summed E-state index contributed by atoms with van der Waals surface area (Å²) in [7, 11) is 3.30. The molecule has 1 saturated carbocycles. The molecular weight excluding hydrogens is 500 g/mol. The summed E-state index contributed by atoms with van der Waals surface area (Å²) in [4.78, 5) is 17.6. The summed E-state index contributed by atoms with van der Waals surface area (Å²) < 4.78 is 18.1. The molecule has 2 aromatic rings. The standard InChI is InChI=1S/C25H34N4O7S/c1-12-9-15(29-16(30)10-14-11-37-23(28-14)13-7-5-4-6-8-13)25(33)24(34-12)35-22-20(32)17(26-2)19(31)18(27-3)21(22)36-25/h4-8,11-12,15,17-22,24,26-27,31-33H,9-10H2,1-3H3,(H,29,30)/t12-,15-,17-,18+,19+,20-,21?,22?,24?,25+/m1/s1. The van der Waals surface area contributed by atoms with Gasteiger partial charge in [-0.25, -0.2) is 4.98 Å². The molecule has 37 heavy (non-hydrogen) atoms. The number of benzene rings is 1. The Morgan fingerprint density at radius 2 is 1.84 bits per heavy atom. The van der Waals surface area contributed by atoms with Crippen molar-refractivity contribution < 1.29 is 34.3 Å². The second-order valence-electron chi connectivity index (χ2n) is 9.87. The molecule has 202 valence electrons. The van der Waals surface area contributed by atoms with Crippen LogP contribution in [0.4, 0.5) is 0 Å². The Hall–Kier alpha value is -2.00. The van der Waals surface area contributed by atoms with Crippen molar-refractivity contribution in [3.05, 3.63) is 41.4 Å². The van der Waals surface area contributed by atoms with Gasteiger partial charge in [-0.3, -0.25) is 4.79 Å². The Balaban J connectivity index is 1.32. The molecule has 10 atom stereocenters. The number of aliphatic hydroxyl groups is 3. The second-order valence-corrected chi connectivity index (χ2v) is 10.7. The van der Waals surface area contributed by atoms with E-state index >= 15 is 0 Å². The van der Waals surface area contributed by atoms with Crippen molar-refractivity contribution in [3.63, 3.8) is 0 Å². The molecule has 1 aromatic heterocycles. The van der Waals surface area contributed by atoms with Crippen LogP contribution in [0.5, 0.6) is 0 Å². The number of hydrogen-bond donors (Lipinski definition) is 6. The first-order chi connectivity index (χ1) is 17.7. The predicted octanol–water partition coefficient (Wildman–Crippen LogP) is -0.644. The molecule has 1 amide bonds. The molecule has 3 fully saturated rings. The van der Waals surface area contributed by atoms with Gasteiger partial charge in [0.25, 0.3) is 0 Å². The summed E-state index contributed by atoms with van der Waals surface area (Å²) in [5.74, 6) is -2.35. The van der Waals surface area contributed by atoms with E-state index in [2.05, 4.69) is 20.9 Å². The average molecular weight is 535 g/mol. The van der Waals surface area contributed by atoms with Crippen molar-refractivity contribution in [2.24, 2.45) is 0 Å². The molecule has 3 heterocycles. The van der Waals surface area contributed by atoms with Crippen molar-refractivity contribution in [1.82, 2.24) is 20.9 Å². The number of rotatable bonds is 6. The van der Waals surface area contributed by atoms with Gasteiger partial charge in [-0.15, -0.1) is 11.3 Å². The van der Waals surface area contributed by atoms with E-state index in [0.717, 1.165) is 10.6 Å². The fourth-order valence-corrected chi connectivity index (χ4v) is 6.35. The first kappa shape index (κ1) is 26.6. The lowest BCUT2D eigenvalue weighted by atomic mass is 9.79. The van der Waals surface area contributed by atoms with Crippen molar-refractivity contribution in [1.29, 1.82) is 0 Å². The van der Waals surface area contributed by atoms with Gasteiger partial charge in [-0.05, 0) is 27.4 Å². The SMILES string of the molecule is CN[C@@H]1[C@H](O)[C@H](NC)C2O[C@]3(O)C(OC2[C@@H]1O)O[C@H](C)C[C@H]3NC(=O)Cc1csc(-c2ccccc2)n1. The van der Waals surface area contributed by atoms with Crippen LogP contribution in [-0.2, 0) is 25.4 Å². The Labute approximate surface area is 219 Å². The number of thiazole rings is 1. The minimum absolute atomic E-state index is 0.0309. The molecule has 12 heteroatoms. The highest BCUT2D eigenvalue weighted by Gasteiger charge is 2.63. The summed E-state index contributed by atoms with van der Waals surface area (Å²) in [6.07, 6.45) is -5.20. The minimum atomic E-state index is -2.03. The first-order valence-electron chi connectivity index (χ1n) is 12.5. The minimum Gasteiger partial charge on any atom is -0.390 e. The maximum atomic E-state index is 13.0. The number of aromatic nitrogens is 1. The Morgan fingerprint density at radius 1 is 1.11 bits per heavy atom. The molecular formula is C25H34N4O7S. The number of nitrogens with one attached hydrogen (secondary N) is 3. The fraction of sp³-hybridized carbons (Fsp3) is 0.600. The molecule has 3 unspecified atom stereocenters. The van der Waals surface area contributed by atoms with Gasteiger partial charge in [0.05, 0.1) is 42.4 Å². The number of fused-ring (bicyclic) bond motifs is 2. The third-order valence-electron chi connectivity index (χ3n) is 7.40. The number of amides is 1. The van der Waals surface area contributed by atoms with E-state index in [4.69, 9.17) is 14.2 Å². The van der Waals surface area contributed by atoms with E-state index in [1.807, 2.05) is 42.6 Å². The monoisotopic (exact) mass is 534 g/mol. The highest BCUT2D eigenvalue weighted by molar-refractivity contribution is 7.13. The Morgan fingerprint density at radius 3 is 2.54 bits per heavy atom. The second kappa shape index (κ2) is 10.6. The molecule has 3 aliphatic rings. The highest BCUT2D eigenvalue weighted by Crippen LogP contribution is 2.42. The van der Waals surface area contributed by atoms with E-state index in [1.54, 1.807) is 14.1 Å². The molecule has 1 aliphatic carbocycles. The molecule has 6 N–H and O–H groups in total. The predicted molar refractivity (Wildman–Crippen MR) is 135 cm³/mol. The maximum Gasteiger partial charge on any atom is 0.239 e. The van der Waals surface area contributed by atoms with Gasteiger partial charge in [-0.2, -0.15) is 0 Å². The van der Waals surface area contributed by atoms with Crippen LogP contribution >= 0.6 is 11.3 Å². The van der Waals surface area contributed by atoms with E-state index in [0.29, 0.717) is 5.69 Å². The van der Waals surface area contributed by atoms with Crippen molar-refractivity contribution in [2.45, 2.75) is 80.5 Å². The van der Waals surface area contributed by atoms with Crippen LogP contribution in [0.3, 0.4) is 0 Å². The molecule has 2 saturated heterocycles. The van der Waals surface area contributed by atoms with Crippen molar-refractivity contribution in [3.8, 4) is 10.6 Å². The van der Waals surface area contributed by atoms with Gasteiger partial charge in [0.2, 0.25) is 18.0 Å². The van der Waals surface area contributed by atoms with E-state index in [1.165, 1.54) is 11.3 Å². The third kappa shape index (κ3) is 4.93. The van der Waals surface area contributed by atoms with Gasteiger partial charge < -0.3 is 45.5 Å². The number of aliphatic hydroxyl groups excluding tert-OH is 2. The lowest BCUT2D eigenvalue weighted by Gasteiger charge is -2.58. The van der Waals surface area contributed by atoms with Crippen LogP contribution in [0, 0.1) is 0 Å². The summed E-state index contributed by atoms with van der Waals surface area (Å²) in [5.41, 5.74) is 1.60. The summed E-state index contributed by atoms with van der Waals surface area (Å²) in [6.45, 7) is 1.81. The summed E-state index contributed by atoms with van der Waals surface area (Å²) >= 11 is 1.46. The van der Waals surface area contributed by atoms with Gasteiger partial charge in [0, 0.05) is 10.9 Å². The van der Waals surface area contributed by atoms with Crippen LogP contribution < -0.4 is 16.0 Å². The van der Waals surface area contributed by atoms with Crippen LogP contribution in [0.25, 0.3) is 10.6 Å². The van der Waals surface area contributed by atoms with Crippen molar-refractivity contribution in [2.75, 3.05) is 14.1 Å². The number of hydrogen-bond acceptors (Lipinski definition) is 11. The Bertz CT molecular complexity index is 1090. The van der Waals surface area contributed by atoms with E-state index < -0.39 is 54.6 Å². The first-order valence-corrected chi connectivity index (χ1v) is 13.3. The lowest BCUT2D eigenvalue weighted by molar-refractivity contribution is -0.449. The van der Waals surface area contributed by atoms with Gasteiger partial charge in [0.1, 0.15) is 23.3 Å². The summed E-state index contributed by atoms with van der Waals surface area (Å²) in [6, 6.07) is 7.55. The van der Waals surface area contributed by atoms with Crippen molar-refractivity contribution >= 4 is 17.2 Å². The fourth-order valence-electron chi connectivity index (χ4n) is 5.53. The lowest BCUT2D eigenvalue weighted by Crippen LogP contribution is -2.79. The number of nitrogens with zero attached hydrogens (tertiary/aromatic N) is 1. The highest BCUT2D eigenvalue weighted by atomic mass is 32.1. The smallest absolute Gasteiger partial charge is 0.239 e. The van der Waals surface area contributed by atoms with Gasteiger partial charge in [-0.1, -0.05) is 30.3 Å². The molecule has 0 radical (unpaired) electrons. The largest absolute Gasteiger partial charge is 0.390 e. The number of carbonyl (C=O) groups is 1. The van der Waals surface area contributed by atoms with Gasteiger partial charge in [0.15, 0.2) is 0 Å². The molecule has 1 aromatic carbocycles. The topological polar surface area (TPSA) is 154 Å². The van der Waals surface area contributed by atoms with Gasteiger partial charge >= 0.3 is 0 Å². The quantitative estimate of drug-likeness (QED) is 0.282. The van der Waals surface area contributed by atoms with Crippen LogP contribution in [0.1, 0.15) is 19.0 Å². The summed E-state index contributed by atoms with van der Waals surface area (Å²) in [5, 5.41) is 44.9. The van der Waals surface area contributed by atoms with Crippen LogP contribution in [0.2, 0.25) is 0 Å². The number of likely N-dealkylation sites (N-methyl/N-ethyl adjacent to an activating group) is 2. The van der Waals surface area contributed by atoms with E-state index in [-0.39, 0.29) is 24.9 Å². The van der Waals surface area contributed by atoms with Crippen LogP contribution in [-0.4, -0.2) is 101 Å². The number of ether oxygens (including phenoxy) is 3. The molecule has 0 spiro atoms. The third-order valence-corrected chi connectivity index (χ3v) is 8.34.